The molecule has 1 saturated carbocycles. The second-order valence-electron chi connectivity index (χ2n) is 4.39. The average molecular weight is 206 g/mol. The predicted octanol–water partition coefficient (Wildman–Crippen LogP) is 4.13. The minimum absolute atomic E-state index is 0.342. The first-order chi connectivity index (χ1) is 6.59. The molecule has 0 bridgehead atoms. The van der Waals surface area contributed by atoms with E-state index in [-0.39, 0.29) is 0 Å². The Hall–Kier alpha value is -0.750. The van der Waals surface area contributed by atoms with E-state index in [9.17, 15) is 0 Å². The number of halogens is 1. The summed E-state index contributed by atoms with van der Waals surface area (Å²) in [5, 5.41) is 0.859. The SMILES string of the molecule is CC1(C)[CH]C1/C=C(\Cl)c1ccccc1. The van der Waals surface area contributed by atoms with Crippen LogP contribution in [0.1, 0.15) is 19.4 Å². The van der Waals surface area contributed by atoms with Gasteiger partial charge in [0.05, 0.1) is 0 Å². The van der Waals surface area contributed by atoms with Crippen LogP contribution in [-0.4, -0.2) is 0 Å². The van der Waals surface area contributed by atoms with Crippen molar-refractivity contribution in [3.8, 4) is 0 Å². The van der Waals surface area contributed by atoms with Crippen LogP contribution in [0.25, 0.3) is 5.03 Å². The van der Waals surface area contributed by atoms with E-state index in [0.29, 0.717) is 11.3 Å². The molecule has 0 N–H and O–H groups in total. The lowest BCUT2D eigenvalue weighted by atomic mass is 10.1. The lowest BCUT2D eigenvalue weighted by Gasteiger charge is -2.00. The van der Waals surface area contributed by atoms with Crippen molar-refractivity contribution in [1.29, 1.82) is 0 Å². The van der Waals surface area contributed by atoms with Crippen LogP contribution >= 0.6 is 11.6 Å². The van der Waals surface area contributed by atoms with Gasteiger partial charge in [-0.2, -0.15) is 0 Å². The van der Waals surface area contributed by atoms with Gasteiger partial charge in [0.2, 0.25) is 0 Å². The molecule has 1 unspecified atom stereocenters. The van der Waals surface area contributed by atoms with Gasteiger partial charge in [-0.05, 0) is 23.3 Å². The maximum atomic E-state index is 6.21. The van der Waals surface area contributed by atoms with Crippen molar-refractivity contribution in [3.05, 3.63) is 48.4 Å². The molecule has 0 nitrogen and oxygen atoms in total. The van der Waals surface area contributed by atoms with Crippen molar-refractivity contribution >= 4 is 16.6 Å². The highest BCUT2D eigenvalue weighted by Crippen LogP contribution is 2.52. The van der Waals surface area contributed by atoms with Gasteiger partial charge in [-0.25, -0.2) is 0 Å². The highest BCUT2D eigenvalue weighted by atomic mass is 35.5. The Bertz CT molecular complexity index is 349. The Balaban J connectivity index is 2.14. The number of hydrogen-bond donors (Lipinski definition) is 0. The summed E-state index contributed by atoms with van der Waals surface area (Å²) in [5.74, 6) is 0.537. The Labute approximate surface area is 90.6 Å². The lowest BCUT2D eigenvalue weighted by molar-refractivity contribution is 0.626. The molecule has 1 aromatic rings. The van der Waals surface area contributed by atoms with Gasteiger partial charge in [-0.3, -0.25) is 0 Å². The molecule has 0 heterocycles. The summed E-state index contributed by atoms with van der Waals surface area (Å²) in [7, 11) is 0. The standard InChI is InChI=1S/C13H14Cl/c1-13(2)9-11(13)8-12(14)10-6-4-3-5-7-10/h3-9,11H,1-2H3/b12-8-. The number of benzene rings is 1. The summed E-state index contributed by atoms with van der Waals surface area (Å²) in [6, 6.07) is 10.1. The lowest BCUT2D eigenvalue weighted by Crippen LogP contribution is -1.87. The molecule has 0 saturated heterocycles. The van der Waals surface area contributed by atoms with E-state index < -0.39 is 0 Å². The summed E-state index contributed by atoms with van der Waals surface area (Å²) >= 11 is 6.21. The van der Waals surface area contributed by atoms with E-state index in [0.717, 1.165) is 10.6 Å². The van der Waals surface area contributed by atoms with E-state index in [1.165, 1.54) is 0 Å². The Morgan fingerprint density at radius 3 is 2.36 bits per heavy atom. The van der Waals surface area contributed by atoms with Crippen molar-refractivity contribution in [2.75, 3.05) is 0 Å². The van der Waals surface area contributed by atoms with Crippen LogP contribution in [0.15, 0.2) is 36.4 Å². The maximum absolute atomic E-state index is 6.21. The van der Waals surface area contributed by atoms with E-state index in [1.807, 2.05) is 30.3 Å². The fourth-order valence-corrected chi connectivity index (χ4v) is 1.79. The van der Waals surface area contributed by atoms with Gasteiger partial charge in [0.1, 0.15) is 0 Å². The van der Waals surface area contributed by atoms with Gasteiger partial charge in [0, 0.05) is 5.03 Å². The zero-order chi connectivity index (χ0) is 10.2. The van der Waals surface area contributed by atoms with E-state index >= 15 is 0 Å². The predicted molar refractivity (Wildman–Crippen MR) is 61.8 cm³/mol. The second kappa shape index (κ2) is 3.43. The van der Waals surface area contributed by atoms with Crippen LogP contribution in [0.2, 0.25) is 0 Å². The first-order valence-corrected chi connectivity index (χ1v) is 5.26. The first kappa shape index (κ1) is 9.79. The quantitative estimate of drug-likeness (QED) is 0.681. The van der Waals surface area contributed by atoms with E-state index in [1.54, 1.807) is 0 Å². The van der Waals surface area contributed by atoms with Gasteiger partial charge in [0.25, 0.3) is 0 Å². The third-order valence-corrected chi connectivity index (χ3v) is 3.08. The topological polar surface area (TPSA) is 0 Å². The molecule has 1 fully saturated rings. The Morgan fingerprint density at radius 1 is 1.29 bits per heavy atom. The van der Waals surface area contributed by atoms with Gasteiger partial charge in [0.15, 0.2) is 0 Å². The van der Waals surface area contributed by atoms with Crippen LogP contribution in [-0.2, 0) is 0 Å². The minimum Gasteiger partial charge on any atom is -0.0840 e. The van der Waals surface area contributed by atoms with E-state index in [4.69, 9.17) is 11.6 Å². The molecular formula is C13H14Cl. The van der Waals surface area contributed by atoms with Crippen LogP contribution in [0.3, 0.4) is 0 Å². The van der Waals surface area contributed by atoms with Gasteiger partial charge >= 0.3 is 0 Å². The summed E-state index contributed by atoms with van der Waals surface area (Å²) in [4.78, 5) is 0. The molecule has 14 heavy (non-hydrogen) atoms. The molecular weight excluding hydrogens is 192 g/mol. The van der Waals surface area contributed by atoms with Crippen molar-refractivity contribution in [3.63, 3.8) is 0 Å². The molecule has 1 aliphatic rings. The summed E-state index contributed by atoms with van der Waals surface area (Å²) in [5.41, 5.74) is 1.44. The van der Waals surface area contributed by atoms with Gasteiger partial charge in [-0.15, -0.1) is 0 Å². The smallest absolute Gasteiger partial charge is 0.0441 e. The summed E-state index contributed by atoms with van der Waals surface area (Å²) in [6.45, 7) is 4.45. The molecule has 73 valence electrons. The number of rotatable bonds is 2. The van der Waals surface area contributed by atoms with Crippen molar-refractivity contribution < 1.29 is 0 Å². The molecule has 1 aromatic carbocycles. The molecule has 1 atom stereocenters. The third kappa shape index (κ3) is 2.01. The largest absolute Gasteiger partial charge is 0.0840 e. The third-order valence-electron chi connectivity index (χ3n) is 2.73. The van der Waals surface area contributed by atoms with E-state index in [2.05, 4.69) is 26.3 Å². The Morgan fingerprint density at radius 2 is 1.86 bits per heavy atom. The fraction of sp³-hybridized carbons (Fsp3) is 0.308. The number of hydrogen-bond acceptors (Lipinski definition) is 0. The molecule has 0 spiro atoms. The van der Waals surface area contributed by atoms with Crippen molar-refractivity contribution in [1.82, 2.24) is 0 Å². The zero-order valence-corrected chi connectivity index (χ0v) is 9.25. The van der Waals surface area contributed by atoms with Crippen LogP contribution in [0.4, 0.5) is 0 Å². The molecule has 0 amide bonds. The van der Waals surface area contributed by atoms with Crippen molar-refractivity contribution in [2.24, 2.45) is 11.3 Å². The highest BCUT2D eigenvalue weighted by Gasteiger charge is 2.44. The van der Waals surface area contributed by atoms with Crippen LogP contribution in [0.5, 0.6) is 0 Å². The molecule has 1 heteroatoms. The van der Waals surface area contributed by atoms with Crippen LogP contribution in [0, 0.1) is 17.8 Å². The molecule has 0 aromatic heterocycles. The highest BCUT2D eigenvalue weighted by molar-refractivity contribution is 6.48. The van der Waals surface area contributed by atoms with Crippen molar-refractivity contribution in [2.45, 2.75) is 13.8 Å². The average Bonchev–Trinajstić information content (AvgIpc) is 2.75. The number of allylic oxidation sites excluding steroid dienone is 1. The molecule has 1 radical (unpaired) electrons. The molecule has 2 rings (SSSR count). The van der Waals surface area contributed by atoms with Crippen LogP contribution < -0.4 is 0 Å². The Kier molecular flexibility index (Phi) is 2.40. The summed E-state index contributed by atoms with van der Waals surface area (Å²) < 4.78 is 0. The molecule has 1 aliphatic carbocycles. The maximum Gasteiger partial charge on any atom is 0.0441 e. The minimum atomic E-state index is 0.342. The second-order valence-corrected chi connectivity index (χ2v) is 4.80. The normalized spacial score (nSPS) is 24.8. The first-order valence-electron chi connectivity index (χ1n) is 4.88. The van der Waals surface area contributed by atoms with Gasteiger partial charge < -0.3 is 0 Å². The fourth-order valence-electron chi connectivity index (χ4n) is 1.53. The summed E-state index contributed by atoms with van der Waals surface area (Å²) in [6.07, 6.45) is 4.44. The monoisotopic (exact) mass is 205 g/mol. The molecule has 0 aliphatic heterocycles. The zero-order valence-electron chi connectivity index (χ0n) is 8.50. The van der Waals surface area contributed by atoms with Gasteiger partial charge in [-0.1, -0.05) is 61.9 Å².